The van der Waals surface area contributed by atoms with Gasteiger partial charge in [-0.3, -0.25) is 14.6 Å². The molecule has 3 aromatic heterocycles. The molecule has 0 bridgehead atoms. The third kappa shape index (κ3) is 5.06. The minimum atomic E-state index is -0.589. The average Bonchev–Trinajstić information content (AvgIpc) is 3.25. The maximum absolute atomic E-state index is 12.9. The molecule has 0 aliphatic heterocycles. The molecule has 0 atom stereocenters. The van der Waals surface area contributed by atoms with Gasteiger partial charge in [0.05, 0.1) is 20.1 Å². The number of rotatable bonds is 7. The number of aryl methyl sites for hydroxylation is 1. The van der Waals surface area contributed by atoms with Crippen molar-refractivity contribution in [3.8, 4) is 17.1 Å². The maximum Gasteiger partial charge on any atom is 0.347 e. The zero-order valence-corrected chi connectivity index (χ0v) is 20.2. The number of nitrogens with zero attached hydrogens (tertiary/aromatic N) is 1. The Labute approximate surface area is 211 Å². The number of carbonyl (C=O) groups is 2. The van der Waals surface area contributed by atoms with Crippen molar-refractivity contribution in [3.05, 3.63) is 88.7 Å². The molecule has 5 aromatic rings. The normalized spacial score (nSPS) is 11.0. The first-order chi connectivity index (χ1) is 17.9. The summed E-state index contributed by atoms with van der Waals surface area (Å²) in [4.78, 5) is 41.8. The van der Waals surface area contributed by atoms with Crippen LogP contribution in [0.15, 0.2) is 80.6 Å². The SMILES string of the molecule is COc1ccc2cc(-c3oc4cc(C)oc(=O)c4c3CC(=O)NCC(=O)Nc3ccncc3)ccc2c1. The van der Waals surface area contributed by atoms with E-state index in [1.54, 1.807) is 44.6 Å². The smallest absolute Gasteiger partial charge is 0.347 e. The van der Waals surface area contributed by atoms with Gasteiger partial charge >= 0.3 is 5.63 Å². The number of fused-ring (bicyclic) bond motifs is 2. The molecular formula is C28H23N3O6. The molecular weight excluding hydrogens is 474 g/mol. The molecule has 9 heteroatoms. The van der Waals surface area contributed by atoms with Gasteiger partial charge in [-0.15, -0.1) is 0 Å². The van der Waals surface area contributed by atoms with Crippen LogP contribution >= 0.6 is 0 Å². The van der Waals surface area contributed by atoms with Crippen LogP contribution in [0.4, 0.5) is 5.69 Å². The van der Waals surface area contributed by atoms with E-state index in [0.29, 0.717) is 33.9 Å². The quantitative estimate of drug-likeness (QED) is 0.345. The van der Waals surface area contributed by atoms with Crippen molar-refractivity contribution in [2.75, 3.05) is 19.0 Å². The van der Waals surface area contributed by atoms with E-state index in [9.17, 15) is 14.4 Å². The molecule has 0 saturated carbocycles. The summed E-state index contributed by atoms with van der Waals surface area (Å²) in [6, 6.07) is 16.3. The van der Waals surface area contributed by atoms with Crippen LogP contribution in [0.3, 0.4) is 0 Å². The summed E-state index contributed by atoms with van der Waals surface area (Å²) in [5.74, 6) is 0.688. The number of amides is 2. The highest BCUT2D eigenvalue weighted by molar-refractivity contribution is 5.97. The van der Waals surface area contributed by atoms with Gasteiger partial charge in [0.1, 0.15) is 28.2 Å². The fourth-order valence-corrected chi connectivity index (χ4v) is 4.16. The first-order valence-corrected chi connectivity index (χ1v) is 11.5. The fourth-order valence-electron chi connectivity index (χ4n) is 4.16. The second kappa shape index (κ2) is 9.98. The molecule has 2 amide bonds. The number of hydrogen-bond donors (Lipinski definition) is 2. The third-order valence-corrected chi connectivity index (χ3v) is 5.88. The Morgan fingerprint density at radius 1 is 0.946 bits per heavy atom. The van der Waals surface area contributed by atoms with Gasteiger partial charge < -0.3 is 24.2 Å². The van der Waals surface area contributed by atoms with Crippen LogP contribution in [0.25, 0.3) is 33.1 Å². The van der Waals surface area contributed by atoms with E-state index < -0.39 is 17.4 Å². The van der Waals surface area contributed by atoms with Crippen molar-refractivity contribution < 1.29 is 23.2 Å². The van der Waals surface area contributed by atoms with Gasteiger partial charge in [0.15, 0.2) is 0 Å². The molecule has 2 aromatic carbocycles. The summed E-state index contributed by atoms with van der Waals surface area (Å²) in [6.45, 7) is 1.41. The van der Waals surface area contributed by atoms with Crippen LogP contribution in [0, 0.1) is 6.92 Å². The molecule has 0 spiro atoms. The maximum atomic E-state index is 12.9. The number of pyridine rings is 1. The van der Waals surface area contributed by atoms with Gasteiger partial charge in [0.25, 0.3) is 0 Å². The standard InChI is InChI=1S/C28H23N3O6/c1-16-11-23-26(28(34)36-16)22(14-24(32)30-15-25(33)31-20-7-9-29-10-8-20)27(37-23)19-4-3-18-13-21(35-2)6-5-17(18)12-19/h3-13H,14-15H2,1-2H3,(H,30,32)(H,29,31,33). The highest BCUT2D eigenvalue weighted by Gasteiger charge is 2.23. The Morgan fingerprint density at radius 2 is 1.70 bits per heavy atom. The predicted octanol–water partition coefficient (Wildman–Crippen LogP) is 4.22. The number of aromatic nitrogens is 1. The lowest BCUT2D eigenvalue weighted by Gasteiger charge is -2.08. The molecule has 3 heterocycles. The minimum Gasteiger partial charge on any atom is -0.497 e. The number of anilines is 1. The largest absolute Gasteiger partial charge is 0.497 e. The van der Waals surface area contributed by atoms with Gasteiger partial charge in [0, 0.05) is 35.3 Å². The van der Waals surface area contributed by atoms with Crippen LogP contribution in [0.5, 0.6) is 5.75 Å². The van der Waals surface area contributed by atoms with E-state index >= 15 is 0 Å². The lowest BCUT2D eigenvalue weighted by atomic mass is 10.0. The van der Waals surface area contributed by atoms with Crippen molar-refractivity contribution in [1.82, 2.24) is 10.3 Å². The molecule has 0 aliphatic rings. The Morgan fingerprint density at radius 3 is 2.49 bits per heavy atom. The molecule has 37 heavy (non-hydrogen) atoms. The summed E-state index contributed by atoms with van der Waals surface area (Å²) < 4.78 is 16.7. The van der Waals surface area contributed by atoms with Gasteiger partial charge in [-0.2, -0.15) is 0 Å². The van der Waals surface area contributed by atoms with E-state index in [1.807, 2.05) is 36.4 Å². The topological polar surface area (TPSA) is 124 Å². The zero-order valence-electron chi connectivity index (χ0n) is 20.2. The molecule has 0 fully saturated rings. The Bertz CT molecular complexity index is 1690. The van der Waals surface area contributed by atoms with E-state index in [1.165, 1.54) is 0 Å². The number of carbonyl (C=O) groups excluding carboxylic acids is 2. The number of furan rings is 1. The highest BCUT2D eigenvalue weighted by atomic mass is 16.5. The minimum absolute atomic E-state index is 0.181. The van der Waals surface area contributed by atoms with Crippen molar-refractivity contribution >= 4 is 39.2 Å². The summed E-state index contributed by atoms with van der Waals surface area (Å²) in [5, 5.41) is 7.38. The molecule has 0 unspecified atom stereocenters. The first kappa shape index (κ1) is 23.8. The number of ether oxygens (including phenoxy) is 1. The van der Waals surface area contributed by atoms with Gasteiger partial charge in [-0.05, 0) is 48.0 Å². The van der Waals surface area contributed by atoms with Crippen LogP contribution in [0.2, 0.25) is 0 Å². The van der Waals surface area contributed by atoms with Crippen LogP contribution in [-0.2, 0) is 16.0 Å². The van der Waals surface area contributed by atoms with Crippen molar-refractivity contribution in [3.63, 3.8) is 0 Å². The van der Waals surface area contributed by atoms with Crippen molar-refractivity contribution in [2.24, 2.45) is 0 Å². The van der Waals surface area contributed by atoms with Gasteiger partial charge in [0.2, 0.25) is 11.8 Å². The lowest BCUT2D eigenvalue weighted by Crippen LogP contribution is -2.33. The van der Waals surface area contributed by atoms with Gasteiger partial charge in [-0.1, -0.05) is 18.2 Å². The Hall–Kier alpha value is -4.92. The van der Waals surface area contributed by atoms with E-state index in [-0.39, 0.29) is 18.4 Å². The van der Waals surface area contributed by atoms with E-state index in [2.05, 4.69) is 15.6 Å². The molecule has 0 aliphatic carbocycles. The Kier molecular flexibility index (Phi) is 6.42. The van der Waals surface area contributed by atoms with Crippen LogP contribution < -0.4 is 21.0 Å². The molecule has 0 saturated heterocycles. The fraction of sp³-hybridized carbons (Fsp3) is 0.143. The van der Waals surface area contributed by atoms with Crippen molar-refractivity contribution in [1.29, 1.82) is 0 Å². The molecule has 9 nitrogen and oxygen atoms in total. The molecule has 5 rings (SSSR count). The second-order valence-corrected chi connectivity index (χ2v) is 8.46. The highest BCUT2D eigenvalue weighted by Crippen LogP contribution is 2.35. The Balaban J connectivity index is 1.45. The van der Waals surface area contributed by atoms with Crippen LogP contribution in [0.1, 0.15) is 11.3 Å². The summed E-state index contributed by atoms with van der Waals surface area (Å²) >= 11 is 0. The number of benzene rings is 2. The van der Waals surface area contributed by atoms with Gasteiger partial charge in [-0.25, -0.2) is 4.79 Å². The average molecular weight is 498 g/mol. The molecule has 0 radical (unpaired) electrons. The third-order valence-electron chi connectivity index (χ3n) is 5.88. The summed E-state index contributed by atoms with van der Waals surface area (Å²) in [6.07, 6.45) is 2.92. The number of nitrogens with one attached hydrogen (secondary N) is 2. The summed E-state index contributed by atoms with van der Waals surface area (Å²) in [5.41, 5.74) is 1.40. The summed E-state index contributed by atoms with van der Waals surface area (Å²) in [7, 11) is 1.61. The predicted molar refractivity (Wildman–Crippen MR) is 139 cm³/mol. The van der Waals surface area contributed by atoms with E-state index in [4.69, 9.17) is 13.6 Å². The number of methoxy groups -OCH3 is 1. The number of hydrogen-bond acceptors (Lipinski definition) is 7. The van der Waals surface area contributed by atoms with E-state index in [0.717, 1.165) is 16.5 Å². The zero-order chi connectivity index (χ0) is 25.9. The molecule has 186 valence electrons. The van der Waals surface area contributed by atoms with Crippen LogP contribution in [-0.4, -0.2) is 30.5 Å². The lowest BCUT2D eigenvalue weighted by molar-refractivity contribution is -0.123. The van der Waals surface area contributed by atoms with Crippen molar-refractivity contribution in [2.45, 2.75) is 13.3 Å². The monoisotopic (exact) mass is 497 g/mol. The second-order valence-electron chi connectivity index (χ2n) is 8.46. The first-order valence-electron chi connectivity index (χ1n) is 11.5. The molecule has 2 N–H and O–H groups in total.